The first-order chi connectivity index (χ1) is 13.8. The monoisotopic (exact) mass is 385 g/mol. The van der Waals surface area contributed by atoms with Crippen molar-refractivity contribution < 1.29 is 9.53 Å². The average Bonchev–Trinajstić information content (AvgIpc) is 2.74. The number of carbonyl (C=O) groups excluding carboxylic acids is 1. The van der Waals surface area contributed by atoms with Gasteiger partial charge in [-0.15, -0.1) is 0 Å². The van der Waals surface area contributed by atoms with Gasteiger partial charge in [-0.05, 0) is 35.7 Å². The van der Waals surface area contributed by atoms with E-state index in [9.17, 15) is 4.79 Å². The van der Waals surface area contributed by atoms with E-state index in [2.05, 4.69) is 5.32 Å². The quantitative estimate of drug-likeness (QED) is 0.442. The van der Waals surface area contributed by atoms with Crippen LogP contribution < -0.4 is 10.1 Å². The van der Waals surface area contributed by atoms with Gasteiger partial charge in [-0.25, -0.2) is 0 Å². The van der Waals surface area contributed by atoms with Crippen LogP contribution in [0.15, 0.2) is 107 Å². The molecule has 0 spiro atoms. The molecule has 0 saturated carbocycles. The molecule has 0 saturated heterocycles. The van der Waals surface area contributed by atoms with Crippen LogP contribution in [0.3, 0.4) is 0 Å². The van der Waals surface area contributed by atoms with Crippen molar-refractivity contribution in [2.45, 2.75) is 9.79 Å². The van der Waals surface area contributed by atoms with Crippen LogP contribution in [0, 0.1) is 0 Å². The first-order valence-electron chi connectivity index (χ1n) is 9.02. The number of para-hydroxylation sites is 1. The summed E-state index contributed by atoms with van der Waals surface area (Å²) in [5, 5.41) is 5.05. The van der Waals surface area contributed by atoms with Crippen LogP contribution >= 0.6 is 11.8 Å². The zero-order chi connectivity index (χ0) is 19.2. The number of amides is 1. The molecule has 0 bridgehead atoms. The normalized spacial score (nSPS) is 10.6. The summed E-state index contributed by atoms with van der Waals surface area (Å²) >= 11 is 1.62. The molecule has 4 heteroatoms. The molecule has 0 fully saturated rings. The summed E-state index contributed by atoms with van der Waals surface area (Å²) in [5.74, 6) is 0.522. The van der Waals surface area contributed by atoms with E-state index in [0.717, 1.165) is 26.3 Å². The standard InChI is InChI=1S/C24H19NO2S/c26-24(17-27-22-15-8-10-18-9-4-5-13-20(18)22)25-21-14-6-7-16-23(21)28-19-11-2-1-3-12-19/h1-16H,17H2,(H,25,26). The lowest BCUT2D eigenvalue weighted by Gasteiger charge is -2.12. The van der Waals surface area contributed by atoms with Gasteiger partial charge in [0.2, 0.25) is 0 Å². The lowest BCUT2D eigenvalue weighted by Crippen LogP contribution is -2.20. The maximum absolute atomic E-state index is 12.5. The van der Waals surface area contributed by atoms with Gasteiger partial charge in [0.05, 0.1) is 5.69 Å². The highest BCUT2D eigenvalue weighted by atomic mass is 32.2. The summed E-state index contributed by atoms with van der Waals surface area (Å²) in [6.07, 6.45) is 0. The molecule has 1 amide bonds. The third-order valence-corrected chi connectivity index (χ3v) is 5.32. The lowest BCUT2D eigenvalue weighted by molar-refractivity contribution is -0.118. The number of fused-ring (bicyclic) bond motifs is 1. The summed E-state index contributed by atoms with van der Waals surface area (Å²) in [6, 6.07) is 31.7. The highest BCUT2D eigenvalue weighted by Gasteiger charge is 2.10. The number of carbonyl (C=O) groups is 1. The third-order valence-electron chi connectivity index (χ3n) is 4.24. The fourth-order valence-electron chi connectivity index (χ4n) is 2.93. The van der Waals surface area contributed by atoms with Crippen LogP contribution in [-0.2, 0) is 4.79 Å². The van der Waals surface area contributed by atoms with E-state index in [0.29, 0.717) is 5.75 Å². The van der Waals surface area contributed by atoms with Crippen LogP contribution in [0.5, 0.6) is 5.75 Å². The van der Waals surface area contributed by atoms with Gasteiger partial charge in [-0.2, -0.15) is 0 Å². The van der Waals surface area contributed by atoms with Crippen LogP contribution in [0.2, 0.25) is 0 Å². The second-order valence-electron chi connectivity index (χ2n) is 6.23. The van der Waals surface area contributed by atoms with Crippen molar-refractivity contribution in [2.24, 2.45) is 0 Å². The minimum Gasteiger partial charge on any atom is -0.483 e. The third kappa shape index (κ3) is 4.35. The van der Waals surface area contributed by atoms with Crippen molar-refractivity contribution in [1.29, 1.82) is 0 Å². The number of ether oxygens (including phenoxy) is 1. The molecule has 138 valence electrons. The van der Waals surface area contributed by atoms with Gasteiger partial charge in [0.25, 0.3) is 5.91 Å². The summed E-state index contributed by atoms with van der Waals surface area (Å²) < 4.78 is 5.79. The largest absolute Gasteiger partial charge is 0.483 e. The molecular formula is C24H19NO2S. The minimum absolute atomic E-state index is 0.0433. The predicted molar refractivity (Wildman–Crippen MR) is 115 cm³/mol. The van der Waals surface area contributed by atoms with Crippen LogP contribution in [0.1, 0.15) is 0 Å². The topological polar surface area (TPSA) is 38.3 Å². The molecule has 0 heterocycles. The lowest BCUT2D eigenvalue weighted by atomic mass is 10.1. The zero-order valence-electron chi connectivity index (χ0n) is 15.2. The molecule has 0 radical (unpaired) electrons. The predicted octanol–water partition coefficient (Wildman–Crippen LogP) is 6.01. The van der Waals surface area contributed by atoms with Crippen molar-refractivity contribution in [3.8, 4) is 5.75 Å². The Morgan fingerprint density at radius 2 is 1.50 bits per heavy atom. The summed E-state index contributed by atoms with van der Waals surface area (Å²) in [7, 11) is 0. The van der Waals surface area contributed by atoms with E-state index in [-0.39, 0.29) is 12.5 Å². The molecule has 0 unspecified atom stereocenters. The molecule has 0 atom stereocenters. The highest BCUT2D eigenvalue weighted by molar-refractivity contribution is 7.99. The van der Waals surface area contributed by atoms with E-state index < -0.39 is 0 Å². The highest BCUT2D eigenvalue weighted by Crippen LogP contribution is 2.33. The Labute approximate surface area is 168 Å². The molecule has 3 nitrogen and oxygen atoms in total. The maximum Gasteiger partial charge on any atom is 0.262 e. The van der Waals surface area contributed by atoms with E-state index in [1.54, 1.807) is 11.8 Å². The second kappa shape index (κ2) is 8.63. The first kappa shape index (κ1) is 18.1. The zero-order valence-corrected chi connectivity index (χ0v) is 16.0. The second-order valence-corrected chi connectivity index (χ2v) is 7.34. The minimum atomic E-state index is -0.186. The fraction of sp³-hybridized carbons (Fsp3) is 0.0417. The Bertz CT molecular complexity index is 1090. The number of hydrogen-bond donors (Lipinski definition) is 1. The molecule has 4 aromatic rings. The van der Waals surface area contributed by atoms with E-state index in [4.69, 9.17) is 4.74 Å². The van der Waals surface area contributed by atoms with Gasteiger partial charge in [0.15, 0.2) is 6.61 Å². The average molecular weight is 385 g/mol. The van der Waals surface area contributed by atoms with Crippen LogP contribution in [0.4, 0.5) is 5.69 Å². The van der Waals surface area contributed by atoms with Crippen molar-refractivity contribution in [2.75, 3.05) is 11.9 Å². The molecule has 0 aliphatic heterocycles. The van der Waals surface area contributed by atoms with Crippen LogP contribution in [-0.4, -0.2) is 12.5 Å². The number of hydrogen-bond acceptors (Lipinski definition) is 3. The number of nitrogens with one attached hydrogen (secondary N) is 1. The Morgan fingerprint density at radius 1 is 0.786 bits per heavy atom. The Balaban J connectivity index is 1.44. The molecule has 1 N–H and O–H groups in total. The number of rotatable bonds is 6. The first-order valence-corrected chi connectivity index (χ1v) is 9.83. The van der Waals surface area contributed by atoms with Crippen LogP contribution in [0.25, 0.3) is 10.8 Å². The van der Waals surface area contributed by atoms with Gasteiger partial charge in [0.1, 0.15) is 5.75 Å². The number of anilines is 1. The van der Waals surface area contributed by atoms with Crippen molar-refractivity contribution in [3.05, 3.63) is 97.1 Å². The molecular weight excluding hydrogens is 366 g/mol. The van der Waals surface area contributed by atoms with E-state index in [1.807, 2.05) is 97.1 Å². The molecule has 0 aromatic heterocycles. The summed E-state index contributed by atoms with van der Waals surface area (Å²) in [5.41, 5.74) is 0.780. The van der Waals surface area contributed by atoms with Gasteiger partial charge < -0.3 is 10.1 Å². The van der Waals surface area contributed by atoms with Gasteiger partial charge in [-0.1, -0.05) is 78.5 Å². The summed E-state index contributed by atoms with van der Waals surface area (Å²) in [4.78, 5) is 14.6. The molecule has 28 heavy (non-hydrogen) atoms. The SMILES string of the molecule is O=C(COc1cccc2ccccc12)Nc1ccccc1Sc1ccccc1. The van der Waals surface area contributed by atoms with Gasteiger partial charge in [0, 0.05) is 15.2 Å². The molecule has 0 aliphatic rings. The number of benzene rings is 4. The maximum atomic E-state index is 12.5. The van der Waals surface area contributed by atoms with Crippen molar-refractivity contribution in [1.82, 2.24) is 0 Å². The summed E-state index contributed by atoms with van der Waals surface area (Å²) in [6.45, 7) is -0.0433. The fourth-order valence-corrected chi connectivity index (χ4v) is 3.85. The smallest absolute Gasteiger partial charge is 0.262 e. The Hall–Kier alpha value is -3.24. The van der Waals surface area contributed by atoms with Crippen molar-refractivity contribution >= 4 is 34.1 Å². The molecule has 4 aromatic carbocycles. The molecule has 4 rings (SSSR count). The Kier molecular flexibility index (Phi) is 5.59. The van der Waals surface area contributed by atoms with Gasteiger partial charge in [-0.3, -0.25) is 4.79 Å². The molecule has 0 aliphatic carbocycles. The van der Waals surface area contributed by atoms with E-state index in [1.165, 1.54) is 0 Å². The van der Waals surface area contributed by atoms with Crippen molar-refractivity contribution in [3.63, 3.8) is 0 Å². The van der Waals surface area contributed by atoms with E-state index >= 15 is 0 Å². The Morgan fingerprint density at radius 3 is 2.39 bits per heavy atom. The van der Waals surface area contributed by atoms with Gasteiger partial charge >= 0.3 is 0 Å².